The largest absolute Gasteiger partial charge is 0.393 e. The highest BCUT2D eigenvalue weighted by molar-refractivity contribution is 5.62. The summed E-state index contributed by atoms with van der Waals surface area (Å²) in [7, 11) is 0. The van der Waals surface area contributed by atoms with E-state index in [4.69, 9.17) is 0 Å². The lowest BCUT2D eigenvalue weighted by Gasteiger charge is -2.60. The van der Waals surface area contributed by atoms with E-state index in [1.54, 1.807) is 11.3 Å². The minimum absolute atomic E-state index is 0.116. The van der Waals surface area contributed by atoms with Gasteiger partial charge in [-0.15, -0.1) is 0 Å². The first-order valence-corrected chi connectivity index (χ1v) is 11.5. The maximum Gasteiger partial charge on any atom is 0.0577 e. The van der Waals surface area contributed by atoms with Crippen LogP contribution >= 0.6 is 0 Å². The standard InChI is InChI=1S/C25H36N2O/c1-4-17-15-18-16-19(28)7-9-24(18,2)21-8-10-25(3)20(23(17)21)5-6-22(25)27-13-11-26-12-14-27/h6,11-13,15,17,19-21,23,28H,4-5,7-10,14,16H2,1-3H3/t17-,19-,20-,21-,23-,24-,25-/m0/s1. The number of aliphatic hydroxyl groups is 1. The van der Waals surface area contributed by atoms with Gasteiger partial charge in [-0.05, 0) is 74.0 Å². The number of allylic oxidation sites excluding steroid dienone is 3. The topological polar surface area (TPSA) is 35.8 Å². The van der Waals surface area contributed by atoms with Gasteiger partial charge < -0.3 is 10.0 Å². The van der Waals surface area contributed by atoms with Gasteiger partial charge in [0.1, 0.15) is 0 Å². The Morgan fingerprint density at radius 1 is 1.18 bits per heavy atom. The molecule has 5 aliphatic rings. The lowest BCUT2D eigenvalue weighted by atomic mass is 9.45. The SMILES string of the molecule is CC[C@H]1C=C2C[C@@H](O)CC[C@]2(C)[C@H]2CC[C@]3(C)C(N4C=CN=CC4)=CC[C@H]3[C@H]12. The van der Waals surface area contributed by atoms with Crippen molar-refractivity contribution in [1.82, 2.24) is 4.90 Å². The Morgan fingerprint density at radius 3 is 2.75 bits per heavy atom. The van der Waals surface area contributed by atoms with Gasteiger partial charge in [-0.2, -0.15) is 0 Å². The van der Waals surface area contributed by atoms with Crippen LogP contribution in [0.1, 0.15) is 65.7 Å². The summed E-state index contributed by atoms with van der Waals surface area (Å²) in [5.41, 5.74) is 3.74. The Labute approximate surface area is 170 Å². The second-order valence-corrected chi connectivity index (χ2v) is 10.4. The Morgan fingerprint density at radius 2 is 2.00 bits per heavy atom. The van der Waals surface area contributed by atoms with Gasteiger partial charge in [0.05, 0.1) is 12.6 Å². The van der Waals surface area contributed by atoms with Crippen LogP contribution < -0.4 is 0 Å². The Balaban J connectivity index is 1.50. The predicted octanol–water partition coefficient (Wildman–Crippen LogP) is 5.30. The maximum atomic E-state index is 10.3. The molecular formula is C25H36N2O. The van der Waals surface area contributed by atoms with Crippen molar-refractivity contribution >= 4 is 6.21 Å². The third-order valence-electron chi connectivity index (χ3n) is 9.28. The zero-order valence-corrected chi connectivity index (χ0v) is 17.8. The van der Waals surface area contributed by atoms with Crippen LogP contribution in [0.25, 0.3) is 0 Å². The molecule has 0 amide bonds. The molecule has 2 saturated carbocycles. The van der Waals surface area contributed by atoms with Crippen LogP contribution in [0.5, 0.6) is 0 Å². The third-order valence-corrected chi connectivity index (χ3v) is 9.28. The number of hydrogen-bond donors (Lipinski definition) is 1. The lowest BCUT2D eigenvalue weighted by Crippen LogP contribution is -2.53. The number of hydrogen-bond acceptors (Lipinski definition) is 3. The zero-order chi connectivity index (χ0) is 19.5. The van der Waals surface area contributed by atoms with Crippen molar-refractivity contribution < 1.29 is 5.11 Å². The fraction of sp³-hybridized carbons (Fsp3) is 0.720. The van der Waals surface area contributed by atoms with Crippen molar-refractivity contribution in [3.8, 4) is 0 Å². The highest BCUT2D eigenvalue weighted by Gasteiger charge is 2.59. The van der Waals surface area contributed by atoms with Gasteiger partial charge in [0, 0.05) is 29.7 Å². The maximum absolute atomic E-state index is 10.3. The minimum atomic E-state index is -0.116. The average molecular weight is 381 g/mol. The normalized spacial score (nSPS) is 47.1. The Hall–Kier alpha value is -1.35. The van der Waals surface area contributed by atoms with Gasteiger partial charge in [0.15, 0.2) is 0 Å². The summed E-state index contributed by atoms with van der Waals surface area (Å²) in [6.07, 6.45) is 19.4. The molecule has 5 rings (SSSR count). The van der Waals surface area contributed by atoms with E-state index < -0.39 is 0 Å². The predicted molar refractivity (Wildman–Crippen MR) is 115 cm³/mol. The van der Waals surface area contributed by atoms with Crippen molar-refractivity contribution in [3.05, 3.63) is 35.8 Å². The molecule has 0 aromatic carbocycles. The molecule has 0 radical (unpaired) electrons. The monoisotopic (exact) mass is 380 g/mol. The molecule has 28 heavy (non-hydrogen) atoms. The van der Waals surface area contributed by atoms with Gasteiger partial charge >= 0.3 is 0 Å². The lowest BCUT2D eigenvalue weighted by molar-refractivity contribution is -0.0559. The summed E-state index contributed by atoms with van der Waals surface area (Å²) in [5, 5.41) is 10.3. The van der Waals surface area contributed by atoms with Crippen LogP contribution in [-0.2, 0) is 0 Å². The Kier molecular flexibility index (Phi) is 4.39. The summed E-state index contributed by atoms with van der Waals surface area (Å²) in [6.45, 7) is 8.37. The fourth-order valence-electron chi connectivity index (χ4n) is 7.74. The minimum Gasteiger partial charge on any atom is -0.393 e. The first-order chi connectivity index (χ1) is 13.5. The zero-order valence-electron chi connectivity index (χ0n) is 17.8. The van der Waals surface area contributed by atoms with E-state index in [2.05, 4.69) is 49.0 Å². The molecule has 4 aliphatic carbocycles. The van der Waals surface area contributed by atoms with Crippen molar-refractivity contribution in [2.45, 2.75) is 71.8 Å². The van der Waals surface area contributed by atoms with Gasteiger partial charge in [0.2, 0.25) is 0 Å². The van der Waals surface area contributed by atoms with Crippen molar-refractivity contribution in [2.75, 3.05) is 6.54 Å². The molecule has 0 unspecified atom stereocenters. The molecule has 0 aromatic heterocycles. The van der Waals surface area contributed by atoms with E-state index in [1.807, 2.05) is 12.4 Å². The molecule has 2 fully saturated rings. The van der Waals surface area contributed by atoms with Crippen molar-refractivity contribution in [3.63, 3.8) is 0 Å². The third kappa shape index (κ3) is 2.54. The van der Waals surface area contributed by atoms with Crippen molar-refractivity contribution in [2.24, 2.45) is 39.5 Å². The molecule has 3 nitrogen and oxygen atoms in total. The Bertz CT molecular complexity index is 765. The van der Waals surface area contributed by atoms with Crippen LogP contribution in [0.4, 0.5) is 0 Å². The number of nitrogens with zero attached hydrogens (tertiary/aromatic N) is 2. The molecular weight excluding hydrogens is 344 g/mol. The van der Waals surface area contributed by atoms with Crippen molar-refractivity contribution in [1.29, 1.82) is 0 Å². The molecule has 0 spiro atoms. The second-order valence-electron chi connectivity index (χ2n) is 10.4. The van der Waals surface area contributed by atoms with E-state index >= 15 is 0 Å². The van der Waals surface area contributed by atoms with E-state index in [9.17, 15) is 5.11 Å². The first-order valence-electron chi connectivity index (χ1n) is 11.5. The smallest absolute Gasteiger partial charge is 0.0577 e. The molecule has 0 bridgehead atoms. The number of fused-ring (bicyclic) bond motifs is 5. The molecule has 0 aromatic rings. The van der Waals surface area contributed by atoms with Crippen LogP contribution in [0.15, 0.2) is 40.8 Å². The summed E-state index contributed by atoms with van der Waals surface area (Å²) >= 11 is 0. The molecule has 0 saturated heterocycles. The van der Waals surface area contributed by atoms with Gasteiger partial charge in [-0.3, -0.25) is 4.99 Å². The number of rotatable bonds is 2. The van der Waals surface area contributed by atoms with Crippen LogP contribution in [-0.4, -0.2) is 28.9 Å². The first kappa shape index (κ1) is 18.7. The summed E-state index contributed by atoms with van der Waals surface area (Å²) in [6, 6.07) is 0. The molecule has 1 aliphatic heterocycles. The second kappa shape index (κ2) is 6.58. The average Bonchev–Trinajstić information content (AvgIpc) is 3.06. The van der Waals surface area contributed by atoms with Crippen LogP contribution in [0.2, 0.25) is 0 Å². The summed E-state index contributed by atoms with van der Waals surface area (Å²) in [4.78, 5) is 6.72. The van der Waals surface area contributed by atoms with E-state index in [-0.39, 0.29) is 6.10 Å². The molecule has 1 heterocycles. The highest BCUT2D eigenvalue weighted by atomic mass is 16.3. The highest BCUT2D eigenvalue weighted by Crippen LogP contribution is 2.66. The molecule has 3 heteroatoms. The molecule has 152 valence electrons. The van der Waals surface area contributed by atoms with Gasteiger partial charge in [-0.25, -0.2) is 0 Å². The van der Waals surface area contributed by atoms with E-state index in [1.165, 1.54) is 32.1 Å². The summed E-state index contributed by atoms with van der Waals surface area (Å²) < 4.78 is 0. The summed E-state index contributed by atoms with van der Waals surface area (Å²) in [5.74, 6) is 2.99. The molecule has 1 N–H and O–H groups in total. The fourth-order valence-corrected chi connectivity index (χ4v) is 7.74. The number of aliphatic imine (C=N–C) groups is 1. The molecule has 7 atom stereocenters. The quantitative estimate of drug-likeness (QED) is 0.660. The van der Waals surface area contributed by atoms with E-state index in [0.29, 0.717) is 16.7 Å². The number of aliphatic hydroxyl groups excluding tert-OH is 1. The van der Waals surface area contributed by atoms with Crippen LogP contribution in [0, 0.1) is 34.5 Å². The van der Waals surface area contributed by atoms with Gasteiger partial charge in [-0.1, -0.05) is 38.5 Å². The van der Waals surface area contributed by atoms with Crippen LogP contribution in [0.3, 0.4) is 0 Å². The van der Waals surface area contributed by atoms with E-state index in [0.717, 1.165) is 37.1 Å². The van der Waals surface area contributed by atoms with Gasteiger partial charge in [0.25, 0.3) is 0 Å².